The maximum absolute atomic E-state index is 3.98. The van der Waals surface area contributed by atoms with Crippen molar-refractivity contribution in [1.29, 1.82) is 0 Å². The molecule has 29 heavy (non-hydrogen) atoms. The van der Waals surface area contributed by atoms with Crippen molar-refractivity contribution in [1.82, 2.24) is 0 Å². The van der Waals surface area contributed by atoms with E-state index >= 15 is 0 Å². The van der Waals surface area contributed by atoms with Gasteiger partial charge < -0.3 is 0 Å². The number of rotatable bonds is 7. The Hall–Kier alpha value is -1.82. The lowest BCUT2D eigenvalue weighted by Crippen LogP contribution is -2.14. The summed E-state index contributed by atoms with van der Waals surface area (Å²) >= 11 is 0. The first kappa shape index (κ1) is 20.5. The van der Waals surface area contributed by atoms with Crippen LogP contribution < -0.4 is 0 Å². The first-order valence-corrected chi connectivity index (χ1v) is 12.1. The molecule has 0 aromatic heterocycles. The van der Waals surface area contributed by atoms with E-state index in [0.29, 0.717) is 5.92 Å². The highest BCUT2D eigenvalue weighted by atomic mass is 14.3. The molecular formula is C29H38. The molecular weight excluding hydrogens is 348 g/mol. The number of benzene rings is 2. The van der Waals surface area contributed by atoms with Gasteiger partial charge in [-0.3, -0.25) is 0 Å². The van der Waals surface area contributed by atoms with E-state index in [1.807, 2.05) is 0 Å². The first-order valence-electron chi connectivity index (χ1n) is 12.1. The highest BCUT2D eigenvalue weighted by molar-refractivity contribution is 5.38. The van der Waals surface area contributed by atoms with E-state index in [0.717, 1.165) is 11.8 Å². The van der Waals surface area contributed by atoms with E-state index in [4.69, 9.17) is 0 Å². The van der Waals surface area contributed by atoms with Crippen molar-refractivity contribution in [3.8, 4) is 0 Å². The summed E-state index contributed by atoms with van der Waals surface area (Å²) in [5, 5.41) is 0. The Morgan fingerprint density at radius 2 is 1.55 bits per heavy atom. The van der Waals surface area contributed by atoms with Crippen LogP contribution in [-0.4, -0.2) is 0 Å². The number of fused-ring (bicyclic) bond motifs is 1. The van der Waals surface area contributed by atoms with Gasteiger partial charge in [-0.05, 0) is 103 Å². The minimum absolute atomic E-state index is 0.694. The molecule has 2 aliphatic carbocycles. The van der Waals surface area contributed by atoms with Crippen LogP contribution in [0.1, 0.15) is 97.9 Å². The van der Waals surface area contributed by atoms with Gasteiger partial charge in [-0.2, -0.15) is 0 Å². The topological polar surface area (TPSA) is 0 Å². The monoisotopic (exact) mass is 386 g/mol. The van der Waals surface area contributed by atoms with Crippen LogP contribution in [0, 0.1) is 5.92 Å². The van der Waals surface area contributed by atoms with Crippen molar-refractivity contribution in [2.75, 3.05) is 0 Å². The predicted molar refractivity (Wildman–Crippen MR) is 126 cm³/mol. The third kappa shape index (κ3) is 5.03. The van der Waals surface area contributed by atoms with Crippen molar-refractivity contribution in [2.45, 2.75) is 89.4 Å². The van der Waals surface area contributed by atoms with E-state index in [1.54, 1.807) is 27.8 Å². The summed E-state index contributed by atoms with van der Waals surface area (Å²) in [5.41, 5.74) is 7.86. The molecule has 0 heteroatoms. The van der Waals surface area contributed by atoms with Crippen molar-refractivity contribution >= 4 is 0 Å². The van der Waals surface area contributed by atoms with Gasteiger partial charge in [-0.25, -0.2) is 0 Å². The fourth-order valence-electron chi connectivity index (χ4n) is 5.56. The maximum atomic E-state index is 3.98. The molecule has 0 amide bonds. The average molecular weight is 387 g/mol. The molecule has 0 nitrogen and oxygen atoms in total. The van der Waals surface area contributed by atoms with Gasteiger partial charge in [0.05, 0.1) is 0 Å². The molecule has 1 unspecified atom stereocenters. The Balaban J connectivity index is 1.37. The standard InChI is InChI=1S/C29H38/c1-3-5-6-7-23-10-13-29-21-28(19-18-27(29)20-23)26-16-14-25(15-17-26)24-11-8-22(4-2)9-12-24/h4,10,13-17,20,22,24,28H,2-3,5-9,11-12,18-19,21H2,1H3. The van der Waals surface area contributed by atoms with Gasteiger partial charge in [0.15, 0.2) is 0 Å². The van der Waals surface area contributed by atoms with Crippen LogP contribution >= 0.6 is 0 Å². The number of unbranched alkanes of at least 4 members (excludes halogenated alkanes) is 2. The second-order valence-corrected chi connectivity index (χ2v) is 9.51. The Bertz CT molecular complexity index is 789. The van der Waals surface area contributed by atoms with Crippen molar-refractivity contribution in [3.63, 3.8) is 0 Å². The van der Waals surface area contributed by atoms with E-state index in [-0.39, 0.29) is 0 Å². The van der Waals surface area contributed by atoms with Crippen molar-refractivity contribution in [3.05, 3.63) is 82.9 Å². The van der Waals surface area contributed by atoms with E-state index in [1.165, 1.54) is 70.6 Å². The highest BCUT2D eigenvalue weighted by Gasteiger charge is 2.23. The Kier molecular flexibility index (Phi) is 6.90. The van der Waals surface area contributed by atoms with Gasteiger partial charge >= 0.3 is 0 Å². The van der Waals surface area contributed by atoms with Gasteiger partial charge in [0.2, 0.25) is 0 Å². The summed E-state index contributed by atoms with van der Waals surface area (Å²) in [5.74, 6) is 2.21. The molecule has 0 aliphatic heterocycles. The fraction of sp³-hybridized carbons (Fsp3) is 0.517. The van der Waals surface area contributed by atoms with Gasteiger partial charge in [0.25, 0.3) is 0 Å². The molecule has 0 radical (unpaired) electrons. The van der Waals surface area contributed by atoms with Gasteiger partial charge in [-0.1, -0.05) is 68.3 Å². The van der Waals surface area contributed by atoms with Crippen LogP contribution in [0.2, 0.25) is 0 Å². The van der Waals surface area contributed by atoms with Gasteiger partial charge in [0.1, 0.15) is 0 Å². The van der Waals surface area contributed by atoms with Crippen LogP contribution in [0.3, 0.4) is 0 Å². The summed E-state index contributed by atoms with van der Waals surface area (Å²) < 4.78 is 0. The maximum Gasteiger partial charge on any atom is -0.0118 e. The third-order valence-corrected chi connectivity index (χ3v) is 7.55. The molecule has 2 aromatic carbocycles. The van der Waals surface area contributed by atoms with E-state index < -0.39 is 0 Å². The molecule has 0 saturated heterocycles. The lowest BCUT2D eigenvalue weighted by Gasteiger charge is -2.28. The summed E-state index contributed by atoms with van der Waals surface area (Å²) in [6.07, 6.45) is 16.5. The van der Waals surface area contributed by atoms with Gasteiger partial charge in [0, 0.05) is 0 Å². The first-order chi connectivity index (χ1) is 14.3. The lowest BCUT2D eigenvalue weighted by molar-refractivity contribution is 0.376. The summed E-state index contributed by atoms with van der Waals surface area (Å²) in [6, 6.07) is 17.0. The lowest BCUT2D eigenvalue weighted by atomic mass is 9.77. The van der Waals surface area contributed by atoms with Crippen LogP contribution in [0.4, 0.5) is 0 Å². The summed E-state index contributed by atoms with van der Waals surface area (Å²) in [4.78, 5) is 0. The van der Waals surface area contributed by atoms with Crippen LogP contribution in [0.15, 0.2) is 55.1 Å². The highest BCUT2D eigenvalue weighted by Crippen LogP contribution is 2.38. The zero-order valence-corrected chi connectivity index (χ0v) is 18.3. The van der Waals surface area contributed by atoms with Crippen molar-refractivity contribution in [2.24, 2.45) is 5.92 Å². The average Bonchev–Trinajstić information content (AvgIpc) is 2.79. The third-order valence-electron chi connectivity index (χ3n) is 7.55. The van der Waals surface area contributed by atoms with Crippen LogP contribution in [0.5, 0.6) is 0 Å². The number of aryl methyl sites for hydroxylation is 2. The molecule has 1 fully saturated rings. The molecule has 2 aromatic rings. The normalized spacial score (nSPS) is 24.1. The Labute approximate surface area is 178 Å². The van der Waals surface area contributed by atoms with E-state index in [9.17, 15) is 0 Å². The molecule has 1 saturated carbocycles. The molecule has 4 rings (SSSR count). The molecule has 0 bridgehead atoms. The Morgan fingerprint density at radius 1 is 0.828 bits per heavy atom. The molecule has 154 valence electrons. The number of hydrogen-bond donors (Lipinski definition) is 0. The Morgan fingerprint density at radius 3 is 2.24 bits per heavy atom. The quantitative estimate of drug-likeness (QED) is 0.332. The zero-order chi connectivity index (χ0) is 20.1. The zero-order valence-electron chi connectivity index (χ0n) is 18.3. The van der Waals surface area contributed by atoms with Crippen LogP contribution in [0.25, 0.3) is 0 Å². The van der Waals surface area contributed by atoms with E-state index in [2.05, 4.69) is 62.0 Å². The minimum atomic E-state index is 0.694. The fourth-order valence-corrected chi connectivity index (χ4v) is 5.56. The molecule has 0 spiro atoms. The largest absolute Gasteiger partial charge is 0.103 e. The molecule has 2 aliphatic rings. The van der Waals surface area contributed by atoms with Crippen LogP contribution in [-0.2, 0) is 19.3 Å². The summed E-state index contributed by atoms with van der Waals surface area (Å²) in [7, 11) is 0. The smallest absolute Gasteiger partial charge is 0.0118 e. The second kappa shape index (κ2) is 9.79. The molecule has 0 N–H and O–H groups in total. The van der Waals surface area contributed by atoms with Gasteiger partial charge in [-0.15, -0.1) is 6.58 Å². The molecule has 1 atom stereocenters. The summed E-state index contributed by atoms with van der Waals surface area (Å²) in [6.45, 7) is 6.27. The SMILES string of the molecule is C=CC1CCC(c2ccc(C3CCc4cc(CCCCC)ccc4C3)cc2)CC1. The molecule has 0 heterocycles. The predicted octanol–water partition coefficient (Wildman–Crippen LogP) is 8.15. The number of hydrogen-bond acceptors (Lipinski definition) is 0. The second-order valence-electron chi connectivity index (χ2n) is 9.51. The van der Waals surface area contributed by atoms with Crippen molar-refractivity contribution < 1.29 is 0 Å². The minimum Gasteiger partial charge on any atom is -0.103 e. The number of allylic oxidation sites excluding steroid dienone is 1.